The largest absolute Gasteiger partial charge is 0.319 e. The van der Waals surface area contributed by atoms with E-state index >= 15 is 0 Å². The molecule has 28 heavy (non-hydrogen) atoms. The Bertz CT molecular complexity index is 1270. The molecule has 1 N–H and O–H groups in total. The first-order chi connectivity index (χ1) is 13.5. The van der Waals surface area contributed by atoms with Crippen molar-refractivity contribution in [2.24, 2.45) is 5.92 Å². The Labute approximate surface area is 158 Å². The second-order valence-corrected chi connectivity index (χ2v) is 7.48. The number of pyridine rings is 1. The maximum Gasteiger partial charge on any atom is 0.248 e. The van der Waals surface area contributed by atoms with Crippen LogP contribution in [0, 0.1) is 17.6 Å². The van der Waals surface area contributed by atoms with E-state index in [4.69, 9.17) is 0 Å². The zero-order valence-corrected chi connectivity index (χ0v) is 15.1. The monoisotopic (exact) mass is 381 g/mol. The van der Waals surface area contributed by atoms with Crippen LogP contribution in [0.5, 0.6) is 0 Å². The van der Waals surface area contributed by atoms with Crippen LogP contribution in [0.2, 0.25) is 0 Å². The second kappa shape index (κ2) is 6.19. The minimum absolute atomic E-state index is 0.128. The average molecular weight is 381 g/mol. The Balaban J connectivity index is 1.70. The Morgan fingerprint density at radius 3 is 2.79 bits per heavy atom. The van der Waals surface area contributed by atoms with Crippen molar-refractivity contribution < 1.29 is 8.78 Å². The van der Waals surface area contributed by atoms with Crippen molar-refractivity contribution >= 4 is 22.2 Å². The molecule has 0 aliphatic heterocycles. The lowest BCUT2D eigenvalue weighted by Gasteiger charge is -2.32. The van der Waals surface area contributed by atoms with E-state index in [2.05, 4.69) is 26.9 Å². The summed E-state index contributed by atoms with van der Waals surface area (Å²) in [6.45, 7) is 2.47. The highest BCUT2D eigenvalue weighted by molar-refractivity contribution is 5.82. The van der Waals surface area contributed by atoms with E-state index in [-0.39, 0.29) is 12.1 Å². The average Bonchev–Trinajstić information content (AvgIpc) is 3.00. The van der Waals surface area contributed by atoms with Crippen LogP contribution in [0.25, 0.3) is 22.2 Å². The van der Waals surface area contributed by atoms with Gasteiger partial charge in [0.15, 0.2) is 22.9 Å². The molecule has 1 aliphatic rings. The predicted molar refractivity (Wildman–Crippen MR) is 100 cm³/mol. The first-order valence-electron chi connectivity index (χ1n) is 9.18. The lowest BCUT2D eigenvalue weighted by Crippen LogP contribution is -2.23. The minimum atomic E-state index is -1.06. The van der Waals surface area contributed by atoms with Crippen LogP contribution >= 0.6 is 0 Å². The third-order valence-corrected chi connectivity index (χ3v) is 5.47. The summed E-state index contributed by atoms with van der Waals surface area (Å²) < 4.78 is 29.8. The molecule has 0 spiro atoms. The number of hydrogen-bond acceptors (Lipinski definition) is 4. The zero-order valence-electron chi connectivity index (χ0n) is 15.1. The van der Waals surface area contributed by atoms with Crippen molar-refractivity contribution in [3.05, 3.63) is 64.0 Å². The number of aromatic nitrogens is 5. The van der Waals surface area contributed by atoms with E-state index < -0.39 is 17.2 Å². The van der Waals surface area contributed by atoms with Gasteiger partial charge in [0, 0.05) is 29.8 Å². The van der Waals surface area contributed by atoms with Gasteiger partial charge in [-0.3, -0.25) is 4.79 Å². The van der Waals surface area contributed by atoms with Gasteiger partial charge in [0.2, 0.25) is 5.56 Å². The minimum Gasteiger partial charge on any atom is -0.319 e. The summed E-state index contributed by atoms with van der Waals surface area (Å²) in [5.41, 5.74) is 1.13. The van der Waals surface area contributed by atoms with Crippen molar-refractivity contribution in [1.82, 2.24) is 24.5 Å². The highest BCUT2D eigenvalue weighted by atomic mass is 19.2. The van der Waals surface area contributed by atoms with Crippen LogP contribution in [0.1, 0.15) is 37.1 Å². The van der Waals surface area contributed by atoms with Gasteiger partial charge in [0.1, 0.15) is 5.82 Å². The number of rotatable bonds is 3. The van der Waals surface area contributed by atoms with Gasteiger partial charge in [-0.15, -0.1) is 0 Å². The van der Waals surface area contributed by atoms with Gasteiger partial charge >= 0.3 is 0 Å². The fourth-order valence-corrected chi connectivity index (χ4v) is 4.09. The molecule has 8 heteroatoms. The van der Waals surface area contributed by atoms with Gasteiger partial charge in [-0.1, -0.05) is 6.92 Å². The van der Waals surface area contributed by atoms with E-state index in [1.165, 1.54) is 12.1 Å². The first-order valence-corrected chi connectivity index (χ1v) is 9.18. The van der Waals surface area contributed by atoms with E-state index in [0.717, 1.165) is 24.7 Å². The standard InChI is InChI=1S/C20H17F2N5O/c1-10-6-11(7-10)19-26-18-20(24-5-4-23-18)27(19)9-12-8-15(28)25-17-13(12)2-3-14(21)16(17)22/h2-5,8,10-11H,6-7,9H2,1H3,(H,25,28). The molecule has 5 rings (SSSR count). The van der Waals surface area contributed by atoms with Gasteiger partial charge in [-0.05, 0) is 36.5 Å². The predicted octanol–water partition coefficient (Wildman–Crippen LogP) is 3.51. The molecule has 3 aromatic heterocycles. The summed E-state index contributed by atoms with van der Waals surface area (Å²) in [5.74, 6) is -0.247. The Morgan fingerprint density at radius 2 is 2.00 bits per heavy atom. The molecule has 1 saturated carbocycles. The number of halogens is 2. The lowest BCUT2D eigenvalue weighted by molar-refractivity contribution is 0.273. The summed E-state index contributed by atoms with van der Waals surface area (Å²) in [4.78, 5) is 27.9. The molecule has 0 amide bonds. The molecule has 6 nitrogen and oxygen atoms in total. The van der Waals surface area contributed by atoms with Gasteiger partial charge in [0.25, 0.3) is 0 Å². The van der Waals surface area contributed by atoms with Gasteiger partial charge in [-0.25, -0.2) is 23.7 Å². The molecule has 3 heterocycles. The maximum atomic E-state index is 14.2. The number of benzene rings is 1. The SMILES string of the molecule is CC1CC(c2nc3nccnc3n2Cc2cc(=O)[nH]c3c(F)c(F)ccc23)C1. The van der Waals surface area contributed by atoms with Crippen LogP contribution < -0.4 is 5.56 Å². The van der Waals surface area contributed by atoms with Gasteiger partial charge in [-0.2, -0.15) is 0 Å². The van der Waals surface area contributed by atoms with Crippen molar-refractivity contribution in [2.45, 2.75) is 32.2 Å². The van der Waals surface area contributed by atoms with E-state index in [1.807, 2.05) is 4.57 Å². The fraction of sp³-hybridized carbons (Fsp3) is 0.300. The molecule has 1 aliphatic carbocycles. The van der Waals surface area contributed by atoms with E-state index in [1.54, 1.807) is 12.4 Å². The number of H-pyrrole nitrogens is 1. The molecule has 0 saturated heterocycles. The molecule has 4 aromatic rings. The molecule has 1 fully saturated rings. The van der Waals surface area contributed by atoms with E-state index in [0.29, 0.717) is 34.1 Å². The first kappa shape index (κ1) is 17.0. The number of fused-ring (bicyclic) bond motifs is 2. The quantitative estimate of drug-likeness (QED) is 0.589. The molecule has 0 unspecified atom stereocenters. The Morgan fingerprint density at radius 1 is 1.21 bits per heavy atom. The van der Waals surface area contributed by atoms with Crippen LogP contribution in [0.15, 0.2) is 35.4 Å². The summed E-state index contributed by atoms with van der Waals surface area (Å²) in [7, 11) is 0. The Kier molecular flexibility index (Phi) is 3.75. The van der Waals surface area contributed by atoms with Crippen molar-refractivity contribution in [1.29, 1.82) is 0 Å². The molecule has 0 atom stereocenters. The van der Waals surface area contributed by atoms with Crippen LogP contribution in [-0.4, -0.2) is 24.5 Å². The fourth-order valence-electron chi connectivity index (χ4n) is 4.09. The smallest absolute Gasteiger partial charge is 0.248 e. The van der Waals surface area contributed by atoms with E-state index in [9.17, 15) is 13.6 Å². The van der Waals surface area contributed by atoms with Crippen LogP contribution in [0.3, 0.4) is 0 Å². The van der Waals surface area contributed by atoms with Crippen molar-refractivity contribution in [3.63, 3.8) is 0 Å². The normalized spacial score (nSPS) is 19.2. The highest BCUT2D eigenvalue weighted by Gasteiger charge is 2.32. The number of imidazole rings is 1. The highest BCUT2D eigenvalue weighted by Crippen LogP contribution is 2.41. The van der Waals surface area contributed by atoms with Crippen molar-refractivity contribution in [2.75, 3.05) is 0 Å². The summed E-state index contributed by atoms with van der Waals surface area (Å²) >= 11 is 0. The molecule has 142 valence electrons. The topological polar surface area (TPSA) is 76.5 Å². The van der Waals surface area contributed by atoms with Gasteiger partial charge in [0.05, 0.1) is 12.1 Å². The molecular formula is C20H17F2N5O. The number of nitrogens with zero attached hydrogens (tertiary/aromatic N) is 4. The number of nitrogens with one attached hydrogen (secondary N) is 1. The second-order valence-electron chi connectivity index (χ2n) is 7.48. The third kappa shape index (κ3) is 2.59. The third-order valence-electron chi connectivity index (χ3n) is 5.47. The Hall–Kier alpha value is -3.16. The van der Waals surface area contributed by atoms with Crippen LogP contribution in [0.4, 0.5) is 8.78 Å². The molecule has 0 bridgehead atoms. The maximum absolute atomic E-state index is 14.2. The summed E-state index contributed by atoms with van der Waals surface area (Å²) in [6.07, 6.45) is 5.24. The van der Waals surface area contributed by atoms with Crippen molar-refractivity contribution in [3.8, 4) is 0 Å². The molecular weight excluding hydrogens is 364 g/mol. The lowest BCUT2D eigenvalue weighted by atomic mass is 9.75. The zero-order chi connectivity index (χ0) is 19.4. The molecule has 1 aromatic carbocycles. The van der Waals surface area contributed by atoms with Crippen LogP contribution in [-0.2, 0) is 6.54 Å². The molecule has 0 radical (unpaired) electrons. The summed E-state index contributed by atoms with van der Waals surface area (Å²) in [5, 5.41) is 0.456. The summed E-state index contributed by atoms with van der Waals surface area (Å²) in [6, 6.07) is 3.96. The van der Waals surface area contributed by atoms with Gasteiger partial charge < -0.3 is 9.55 Å². The number of aromatic amines is 1. The number of hydrogen-bond donors (Lipinski definition) is 1.